The minimum Gasteiger partial charge on any atom is -0.309 e. The van der Waals surface area contributed by atoms with E-state index < -0.39 is 17.5 Å². The van der Waals surface area contributed by atoms with Gasteiger partial charge in [-0.3, -0.25) is 0 Å². The topological polar surface area (TPSA) is 24.9 Å². The van der Waals surface area contributed by atoms with Crippen molar-refractivity contribution in [1.29, 1.82) is 0 Å². The Labute approximate surface area is 112 Å². The molecule has 0 bridgehead atoms. The molecule has 2 nitrogen and oxygen atoms in total. The van der Waals surface area contributed by atoms with E-state index in [0.717, 1.165) is 31.1 Å². The second-order valence-corrected chi connectivity index (χ2v) is 5.31. The first-order valence-electron chi connectivity index (χ1n) is 5.99. The molecule has 1 N–H and O–H groups in total. The second kappa shape index (κ2) is 4.94. The number of aromatic nitrogens is 1. The number of nitrogens with one attached hydrogen (secondary N) is 1. The summed E-state index contributed by atoms with van der Waals surface area (Å²) in [6, 6.07) is 2.32. The largest absolute Gasteiger partial charge is 0.309 e. The zero-order chi connectivity index (χ0) is 13.4. The summed E-state index contributed by atoms with van der Waals surface area (Å²) < 4.78 is 39.8. The quantitative estimate of drug-likeness (QED) is 0.851. The highest BCUT2D eigenvalue weighted by atomic mass is 32.1. The van der Waals surface area contributed by atoms with Crippen molar-refractivity contribution in [1.82, 2.24) is 10.3 Å². The zero-order valence-electron chi connectivity index (χ0n) is 9.92. The fraction of sp³-hybridized carbons (Fsp3) is 0.308. The van der Waals surface area contributed by atoms with Crippen molar-refractivity contribution in [2.45, 2.75) is 18.9 Å². The van der Waals surface area contributed by atoms with Crippen LogP contribution in [0.25, 0.3) is 10.6 Å². The van der Waals surface area contributed by atoms with Crippen LogP contribution in [0.15, 0.2) is 17.5 Å². The Hall–Kier alpha value is -1.40. The third-order valence-electron chi connectivity index (χ3n) is 3.20. The zero-order valence-corrected chi connectivity index (χ0v) is 10.7. The highest BCUT2D eigenvalue weighted by Gasteiger charge is 2.21. The summed E-state index contributed by atoms with van der Waals surface area (Å²) in [6.07, 6.45) is 2.07. The minimum atomic E-state index is -1.45. The van der Waals surface area contributed by atoms with Gasteiger partial charge in [0.2, 0.25) is 0 Å². The molecule has 100 valence electrons. The number of hydrogen-bond acceptors (Lipinski definition) is 3. The summed E-state index contributed by atoms with van der Waals surface area (Å²) in [6.45, 7) is 0.942. The number of nitrogens with zero attached hydrogens (tertiary/aromatic N) is 1. The highest BCUT2D eigenvalue weighted by molar-refractivity contribution is 7.13. The van der Waals surface area contributed by atoms with Gasteiger partial charge in [-0.1, -0.05) is 0 Å². The Kier molecular flexibility index (Phi) is 3.28. The molecule has 3 rings (SSSR count). The Morgan fingerprint density at radius 1 is 1.21 bits per heavy atom. The van der Waals surface area contributed by atoms with Crippen LogP contribution in [0, 0.1) is 17.5 Å². The SMILES string of the molecule is Fc1ccc(-c2nc([C@@H]3CCCN3)cs2)c(F)c1F. The number of hydrogen-bond donors (Lipinski definition) is 1. The predicted octanol–water partition coefficient (Wildman–Crippen LogP) is 3.65. The van der Waals surface area contributed by atoms with Crippen molar-refractivity contribution in [3.05, 3.63) is 40.7 Å². The molecule has 1 aliphatic heterocycles. The van der Waals surface area contributed by atoms with E-state index in [1.165, 1.54) is 17.4 Å². The maximum atomic E-state index is 13.7. The molecule has 1 saturated heterocycles. The Morgan fingerprint density at radius 3 is 2.79 bits per heavy atom. The molecular formula is C13H11F3N2S. The molecule has 0 radical (unpaired) electrons. The van der Waals surface area contributed by atoms with Gasteiger partial charge in [0, 0.05) is 10.9 Å². The summed E-state index contributed by atoms with van der Waals surface area (Å²) in [5, 5.41) is 5.50. The van der Waals surface area contributed by atoms with Crippen LogP contribution in [-0.2, 0) is 0 Å². The van der Waals surface area contributed by atoms with Crippen LogP contribution in [0.5, 0.6) is 0 Å². The van der Waals surface area contributed by atoms with Gasteiger partial charge in [-0.25, -0.2) is 18.2 Å². The molecule has 19 heavy (non-hydrogen) atoms. The van der Waals surface area contributed by atoms with Crippen molar-refractivity contribution in [3.63, 3.8) is 0 Å². The molecule has 6 heteroatoms. The number of thiazole rings is 1. The van der Waals surface area contributed by atoms with Crippen molar-refractivity contribution < 1.29 is 13.2 Å². The van der Waals surface area contributed by atoms with E-state index in [1.807, 2.05) is 5.38 Å². The fourth-order valence-electron chi connectivity index (χ4n) is 2.20. The van der Waals surface area contributed by atoms with Gasteiger partial charge in [0.15, 0.2) is 17.5 Å². The smallest absolute Gasteiger partial charge is 0.195 e. The fourth-order valence-corrected chi connectivity index (χ4v) is 3.09. The average molecular weight is 284 g/mol. The molecule has 1 aromatic heterocycles. The molecule has 0 unspecified atom stereocenters. The van der Waals surface area contributed by atoms with Gasteiger partial charge in [0.1, 0.15) is 5.01 Å². The van der Waals surface area contributed by atoms with Gasteiger partial charge in [-0.15, -0.1) is 11.3 Å². The minimum absolute atomic E-state index is 0.00754. The molecule has 1 fully saturated rings. The van der Waals surface area contributed by atoms with Crippen molar-refractivity contribution in [3.8, 4) is 10.6 Å². The van der Waals surface area contributed by atoms with Crippen molar-refractivity contribution in [2.24, 2.45) is 0 Å². The Morgan fingerprint density at radius 2 is 2.05 bits per heavy atom. The van der Waals surface area contributed by atoms with Crippen LogP contribution in [0.3, 0.4) is 0 Å². The van der Waals surface area contributed by atoms with E-state index in [0.29, 0.717) is 5.01 Å². The third-order valence-corrected chi connectivity index (χ3v) is 4.10. The van der Waals surface area contributed by atoms with Gasteiger partial charge in [-0.2, -0.15) is 0 Å². The number of halogens is 3. The first-order valence-corrected chi connectivity index (χ1v) is 6.87. The Balaban J connectivity index is 1.96. The van der Waals surface area contributed by atoms with E-state index in [4.69, 9.17) is 0 Å². The number of rotatable bonds is 2. The molecule has 1 aliphatic rings. The van der Waals surface area contributed by atoms with Gasteiger partial charge in [-0.05, 0) is 31.5 Å². The summed E-state index contributed by atoms with van der Waals surface area (Å²) in [5.74, 6) is -3.82. The van der Waals surface area contributed by atoms with Gasteiger partial charge >= 0.3 is 0 Å². The van der Waals surface area contributed by atoms with Crippen LogP contribution < -0.4 is 5.32 Å². The van der Waals surface area contributed by atoms with Crippen LogP contribution in [0.4, 0.5) is 13.2 Å². The molecule has 2 heterocycles. The standard InChI is InChI=1S/C13H11F3N2S/c14-8-4-3-7(11(15)12(8)16)13-18-10(6-19-13)9-2-1-5-17-9/h3-4,6,9,17H,1-2,5H2/t9-/m0/s1. The lowest BCUT2D eigenvalue weighted by Crippen LogP contribution is -2.12. The summed E-state index contributed by atoms with van der Waals surface area (Å²) in [5.41, 5.74) is 0.842. The maximum Gasteiger partial charge on any atom is 0.195 e. The molecular weight excluding hydrogens is 273 g/mol. The van der Waals surface area contributed by atoms with Crippen molar-refractivity contribution >= 4 is 11.3 Å². The molecule has 0 aliphatic carbocycles. The summed E-state index contributed by atoms with van der Waals surface area (Å²) in [7, 11) is 0. The molecule has 1 atom stereocenters. The number of benzene rings is 1. The van der Waals surface area contributed by atoms with Gasteiger partial charge in [0.05, 0.1) is 11.7 Å². The Bertz CT molecular complexity index is 606. The molecule has 0 amide bonds. The lowest BCUT2D eigenvalue weighted by Gasteiger charge is -2.05. The van der Waals surface area contributed by atoms with Crippen LogP contribution in [-0.4, -0.2) is 11.5 Å². The first kappa shape index (κ1) is 12.6. The van der Waals surface area contributed by atoms with E-state index in [9.17, 15) is 13.2 Å². The third kappa shape index (κ3) is 2.26. The molecule has 2 aromatic rings. The highest BCUT2D eigenvalue weighted by Crippen LogP contribution is 2.32. The normalized spacial score (nSPS) is 19.0. The lowest BCUT2D eigenvalue weighted by atomic mass is 10.2. The van der Waals surface area contributed by atoms with E-state index in [1.54, 1.807) is 0 Å². The maximum absolute atomic E-state index is 13.7. The molecule has 0 saturated carbocycles. The van der Waals surface area contributed by atoms with Gasteiger partial charge in [0.25, 0.3) is 0 Å². The second-order valence-electron chi connectivity index (χ2n) is 4.45. The predicted molar refractivity (Wildman–Crippen MR) is 67.4 cm³/mol. The van der Waals surface area contributed by atoms with Crippen LogP contribution in [0.1, 0.15) is 24.6 Å². The van der Waals surface area contributed by atoms with Gasteiger partial charge < -0.3 is 5.32 Å². The van der Waals surface area contributed by atoms with E-state index >= 15 is 0 Å². The van der Waals surface area contributed by atoms with E-state index in [-0.39, 0.29) is 11.6 Å². The van der Waals surface area contributed by atoms with E-state index in [2.05, 4.69) is 10.3 Å². The lowest BCUT2D eigenvalue weighted by molar-refractivity contribution is 0.449. The molecule has 0 spiro atoms. The summed E-state index contributed by atoms with van der Waals surface area (Å²) in [4.78, 5) is 4.32. The average Bonchev–Trinajstić information content (AvgIpc) is 3.06. The van der Waals surface area contributed by atoms with Crippen LogP contribution in [0.2, 0.25) is 0 Å². The summed E-state index contributed by atoms with van der Waals surface area (Å²) >= 11 is 1.24. The first-order chi connectivity index (χ1) is 9.16. The molecule has 1 aromatic carbocycles. The van der Waals surface area contributed by atoms with Crippen molar-refractivity contribution in [2.75, 3.05) is 6.54 Å². The van der Waals surface area contributed by atoms with Crippen LogP contribution >= 0.6 is 11.3 Å². The monoisotopic (exact) mass is 284 g/mol.